The number of nitrogens with zero attached hydrogens (tertiary/aromatic N) is 2. The lowest BCUT2D eigenvalue weighted by atomic mass is 10.2. The fraction of sp³-hybridized carbons (Fsp3) is 0.435. The lowest BCUT2D eigenvalue weighted by molar-refractivity contribution is -0.136. The molecule has 0 unspecified atom stereocenters. The van der Waals surface area contributed by atoms with Gasteiger partial charge in [0.1, 0.15) is 11.2 Å². The fourth-order valence-electron chi connectivity index (χ4n) is 3.33. The number of esters is 1. The topological polar surface area (TPSA) is 96.3 Å². The zero-order chi connectivity index (χ0) is 23.8. The summed E-state index contributed by atoms with van der Waals surface area (Å²) in [5.74, 6) is 0.378. The van der Waals surface area contributed by atoms with Crippen molar-refractivity contribution < 1.29 is 28.5 Å². The molecule has 1 aliphatic heterocycles. The van der Waals surface area contributed by atoms with Crippen LogP contribution >= 0.6 is 11.3 Å². The lowest BCUT2D eigenvalue weighted by Crippen LogP contribution is -2.45. The summed E-state index contributed by atoms with van der Waals surface area (Å²) in [6, 6.07) is 5.34. The second kappa shape index (κ2) is 11.7. The van der Waals surface area contributed by atoms with Crippen LogP contribution in [0.4, 0.5) is 0 Å². The first-order valence-corrected chi connectivity index (χ1v) is 11.5. The van der Waals surface area contributed by atoms with Crippen LogP contribution in [-0.4, -0.2) is 68.0 Å². The molecule has 0 atom stereocenters. The molecule has 9 nitrogen and oxygen atoms in total. The van der Waals surface area contributed by atoms with Gasteiger partial charge < -0.3 is 23.8 Å². The third kappa shape index (κ3) is 6.23. The monoisotopic (exact) mass is 476 g/mol. The molecule has 0 spiro atoms. The van der Waals surface area contributed by atoms with E-state index in [9.17, 15) is 14.4 Å². The van der Waals surface area contributed by atoms with Gasteiger partial charge in [-0.3, -0.25) is 14.2 Å². The minimum absolute atomic E-state index is 0.165. The normalized spacial score (nSPS) is 14.9. The van der Waals surface area contributed by atoms with E-state index in [0.29, 0.717) is 53.6 Å². The number of methoxy groups -OCH3 is 1. The van der Waals surface area contributed by atoms with E-state index in [1.54, 1.807) is 43.2 Å². The van der Waals surface area contributed by atoms with E-state index in [1.807, 2.05) is 6.92 Å². The maximum atomic E-state index is 13.2. The maximum absolute atomic E-state index is 13.2. The molecule has 0 aliphatic carbocycles. The van der Waals surface area contributed by atoms with Crippen molar-refractivity contribution in [3.63, 3.8) is 0 Å². The number of thiazole rings is 1. The number of carbonyl (C=O) groups is 2. The van der Waals surface area contributed by atoms with Crippen LogP contribution in [0.25, 0.3) is 12.2 Å². The van der Waals surface area contributed by atoms with Crippen LogP contribution in [0.15, 0.2) is 23.0 Å². The first kappa shape index (κ1) is 24.5. The molecule has 33 heavy (non-hydrogen) atoms. The quantitative estimate of drug-likeness (QED) is 0.507. The number of morpholine rings is 1. The largest absolute Gasteiger partial charge is 0.493 e. The number of benzene rings is 1. The predicted molar refractivity (Wildman–Crippen MR) is 124 cm³/mol. The van der Waals surface area contributed by atoms with Crippen molar-refractivity contribution in [3.05, 3.63) is 43.3 Å². The van der Waals surface area contributed by atoms with E-state index in [1.165, 1.54) is 10.6 Å². The second-order valence-electron chi connectivity index (χ2n) is 7.07. The molecule has 1 aromatic heterocycles. The molecule has 1 fully saturated rings. The Morgan fingerprint density at radius 2 is 1.91 bits per heavy atom. The van der Waals surface area contributed by atoms with Crippen molar-refractivity contribution in [2.45, 2.75) is 20.4 Å². The van der Waals surface area contributed by atoms with Crippen LogP contribution in [0.5, 0.6) is 11.5 Å². The molecule has 0 bridgehead atoms. The van der Waals surface area contributed by atoms with E-state index < -0.39 is 5.97 Å². The standard InChI is InChI=1S/C23H28N2O7S/c1-4-31-18-12-16(6-7-17(18)29-3)13-19-23(28)25(21(33-19)14-22(27)32-5-2)15-20(26)24-8-10-30-11-9-24/h6-7,12-14H,4-5,8-11,15H2,1-3H3. The van der Waals surface area contributed by atoms with E-state index >= 15 is 0 Å². The summed E-state index contributed by atoms with van der Waals surface area (Å²) < 4.78 is 23.3. The average molecular weight is 477 g/mol. The Balaban J connectivity index is 2.04. The van der Waals surface area contributed by atoms with Crippen molar-refractivity contribution in [1.82, 2.24) is 9.47 Å². The SMILES string of the molecule is CCOC(=O)C=c1sc(=Cc2ccc(OC)c(OCC)c2)c(=O)n1CC(=O)N1CCOCC1. The molecule has 0 radical (unpaired) electrons. The van der Waals surface area contributed by atoms with Gasteiger partial charge in [-0.05, 0) is 37.6 Å². The summed E-state index contributed by atoms with van der Waals surface area (Å²) in [6.07, 6.45) is 2.95. The van der Waals surface area contributed by atoms with Crippen molar-refractivity contribution in [1.29, 1.82) is 0 Å². The van der Waals surface area contributed by atoms with Crippen LogP contribution in [0, 0.1) is 0 Å². The Morgan fingerprint density at radius 3 is 2.58 bits per heavy atom. The Bertz CT molecular complexity index is 1160. The zero-order valence-electron chi connectivity index (χ0n) is 19.0. The number of ether oxygens (including phenoxy) is 4. The Kier molecular flexibility index (Phi) is 8.67. The molecular weight excluding hydrogens is 448 g/mol. The first-order valence-electron chi connectivity index (χ1n) is 10.7. The molecule has 2 aromatic rings. The summed E-state index contributed by atoms with van der Waals surface area (Å²) in [6.45, 7) is 5.96. The number of hydrogen-bond acceptors (Lipinski definition) is 8. The number of aromatic nitrogens is 1. The summed E-state index contributed by atoms with van der Waals surface area (Å²) in [4.78, 5) is 39.7. The van der Waals surface area contributed by atoms with Crippen LogP contribution in [0.3, 0.4) is 0 Å². The van der Waals surface area contributed by atoms with E-state index in [4.69, 9.17) is 18.9 Å². The summed E-state index contributed by atoms with van der Waals surface area (Å²) in [5, 5.41) is 0. The van der Waals surface area contributed by atoms with Gasteiger partial charge in [-0.25, -0.2) is 4.79 Å². The Morgan fingerprint density at radius 1 is 1.15 bits per heavy atom. The van der Waals surface area contributed by atoms with Gasteiger partial charge in [0.25, 0.3) is 5.56 Å². The van der Waals surface area contributed by atoms with E-state index in [-0.39, 0.29) is 24.6 Å². The van der Waals surface area contributed by atoms with E-state index in [0.717, 1.165) is 16.9 Å². The Labute approximate surface area is 195 Å². The third-order valence-corrected chi connectivity index (χ3v) is 5.97. The van der Waals surface area contributed by atoms with Gasteiger partial charge in [0, 0.05) is 13.1 Å². The van der Waals surface area contributed by atoms with Crippen LogP contribution in [0.1, 0.15) is 19.4 Å². The minimum atomic E-state index is -0.569. The van der Waals surface area contributed by atoms with Gasteiger partial charge in [-0.2, -0.15) is 0 Å². The van der Waals surface area contributed by atoms with E-state index in [2.05, 4.69) is 0 Å². The number of rotatable bonds is 8. The lowest BCUT2D eigenvalue weighted by Gasteiger charge is -2.26. The molecule has 3 rings (SSSR count). The van der Waals surface area contributed by atoms with Gasteiger partial charge in [0.05, 0.1) is 44.1 Å². The highest BCUT2D eigenvalue weighted by molar-refractivity contribution is 7.07. The van der Waals surface area contributed by atoms with Gasteiger partial charge in [-0.15, -0.1) is 11.3 Å². The minimum Gasteiger partial charge on any atom is -0.493 e. The molecule has 1 aromatic carbocycles. The summed E-state index contributed by atoms with van der Waals surface area (Å²) >= 11 is 1.12. The Hall–Kier alpha value is -3.11. The number of amides is 1. The molecule has 10 heteroatoms. The van der Waals surface area contributed by atoms with Crippen LogP contribution < -0.4 is 24.2 Å². The van der Waals surface area contributed by atoms with Crippen molar-refractivity contribution in [2.24, 2.45) is 0 Å². The third-order valence-electron chi connectivity index (χ3n) is 4.91. The zero-order valence-corrected chi connectivity index (χ0v) is 19.8. The van der Waals surface area contributed by atoms with Gasteiger partial charge in [0.15, 0.2) is 11.5 Å². The maximum Gasteiger partial charge on any atom is 0.333 e. The number of hydrogen-bond donors (Lipinski definition) is 0. The molecule has 0 saturated carbocycles. The highest BCUT2D eigenvalue weighted by Crippen LogP contribution is 2.28. The van der Waals surface area contributed by atoms with Gasteiger partial charge in [0.2, 0.25) is 5.91 Å². The van der Waals surface area contributed by atoms with Crippen molar-refractivity contribution in [2.75, 3.05) is 46.6 Å². The molecule has 1 saturated heterocycles. The summed E-state index contributed by atoms with van der Waals surface area (Å²) in [7, 11) is 1.56. The number of carbonyl (C=O) groups excluding carboxylic acids is 2. The fourth-order valence-corrected chi connectivity index (χ4v) is 4.36. The molecule has 0 N–H and O–H groups in total. The highest BCUT2D eigenvalue weighted by Gasteiger charge is 2.19. The smallest absolute Gasteiger partial charge is 0.333 e. The van der Waals surface area contributed by atoms with Crippen LogP contribution in [-0.2, 0) is 25.6 Å². The predicted octanol–water partition coefficient (Wildman–Crippen LogP) is 0.348. The molecular formula is C23H28N2O7S. The van der Waals surface area contributed by atoms with Crippen molar-refractivity contribution in [3.8, 4) is 11.5 Å². The van der Waals surface area contributed by atoms with Crippen molar-refractivity contribution >= 4 is 35.4 Å². The molecule has 2 heterocycles. The highest BCUT2D eigenvalue weighted by atomic mass is 32.1. The first-order chi connectivity index (χ1) is 16.0. The van der Waals surface area contributed by atoms with Gasteiger partial charge in [-0.1, -0.05) is 6.07 Å². The molecule has 178 valence electrons. The summed E-state index contributed by atoms with van der Waals surface area (Å²) in [5.41, 5.74) is 0.373. The molecule has 1 aliphatic rings. The van der Waals surface area contributed by atoms with Gasteiger partial charge >= 0.3 is 5.97 Å². The van der Waals surface area contributed by atoms with Crippen LogP contribution in [0.2, 0.25) is 0 Å². The molecule has 1 amide bonds. The second-order valence-corrected chi connectivity index (χ2v) is 8.14. The average Bonchev–Trinajstić information content (AvgIpc) is 3.09.